The fourth-order valence-electron chi connectivity index (χ4n) is 4.67. The number of ether oxygens (including phenoxy) is 2. The lowest BCUT2D eigenvalue weighted by Crippen LogP contribution is -2.08. The zero-order chi connectivity index (χ0) is 38.6. The summed E-state index contributed by atoms with van der Waals surface area (Å²) < 4.78 is 14.6. The average Bonchev–Trinajstić information content (AvgIpc) is 3.87. The minimum Gasteiger partial charge on any atom is -0.455 e. The molecule has 0 aliphatic heterocycles. The van der Waals surface area contributed by atoms with E-state index in [1.54, 1.807) is 61.7 Å². The van der Waals surface area contributed by atoms with Gasteiger partial charge in [0.25, 0.3) is 11.8 Å². The highest BCUT2D eigenvalue weighted by atomic mass is 127. The summed E-state index contributed by atoms with van der Waals surface area (Å²) in [5.41, 5.74) is 13.2. The Morgan fingerprint density at radius 1 is 0.600 bits per heavy atom. The molecule has 4 N–H and O–H groups in total. The van der Waals surface area contributed by atoms with Gasteiger partial charge in [0.1, 0.15) is 11.5 Å². The summed E-state index contributed by atoms with van der Waals surface area (Å²) in [4.78, 5) is 39.8. The van der Waals surface area contributed by atoms with Gasteiger partial charge in [-0.15, -0.1) is 29.1 Å². The van der Waals surface area contributed by atoms with Crippen LogP contribution in [0.15, 0.2) is 135 Å². The molecule has 10 nitrogen and oxygen atoms in total. The summed E-state index contributed by atoms with van der Waals surface area (Å²) >= 11 is 4.85. The quantitative estimate of drug-likeness (QED) is 0.124. The minimum atomic E-state index is -0.460. The molecule has 55 heavy (non-hydrogen) atoms. The van der Waals surface area contributed by atoms with Crippen LogP contribution in [-0.4, -0.2) is 31.8 Å². The van der Waals surface area contributed by atoms with Crippen molar-refractivity contribution in [3.8, 4) is 47.2 Å². The molecule has 2 aromatic carbocycles. The van der Waals surface area contributed by atoms with Crippen LogP contribution in [0.1, 0.15) is 36.0 Å². The SMILES string of the molecule is C#Cc1cccnc1.NC(=O)c1cc2c(Oc3ccc(C#Cc4cccnc4)cc3)cncc2s1.NC(=O)c1cc2c(Oc3ccc(I)cc3)cncc2s1. The van der Waals surface area contributed by atoms with Crippen LogP contribution in [0.5, 0.6) is 23.0 Å². The first-order valence-corrected chi connectivity index (χ1v) is 18.8. The van der Waals surface area contributed by atoms with Crippen LogP contribution in [-0.2, 0) is 0 Å². The maximum absolute atomic E-state index is 11.4. The van der Waals surface area contributed by atoms with E-state index in [1.807, 2.05) is 72.8 Å². The Labute approximate surface area is 337 Å². The molecule has 0 atom stereocenters. The van der Waals surface area contributed by atoms with Crippen molar-refractivity contribution in [2.75, 3.05) is 0 Å². The number of fused-ring (bicyclic) bond motifs is 2. The molecule has 0 spiro atoms. The highest BCUT2D eigenvalue weighted by Crippen LogP contribution is 2.35. The number of nitrogens with zero attached hydrogens (tertiary/aromatic N) is 4. The number of nitrogens with two attached hydrogens (primary N) is 2. The Morgan fingerprint density at radius 2 is 1.07 bits per heavy atom. The average molecular weight is 871 g/mol. The van der Waals surface area contributed by atoms with E-state index in [4.69, 9.17) is 27.4 Å². The topological polar surface area (TPSA) is 156 Å². The number of halogens is 1. The second kappa shape index (κ2) is 18.4. The second-order valence-corrected chi connectivity index (χ2v) is 14.5. The number of benzene rings is 2. The molecule has 8 rings (SSSR count). The van der Waals surface area contributed by atoms with Crippen molar-refractivity contribution in [1.29, 1.82) is 0 Å². The van der Waals surface area contributed by atoms with Crippen molar-refractivity contribution < 1.29 is 19.1 Å². The molecule has 6 heterocycles. The monoisotopic (exact) mass is 870 g/mol. The first-order valence-electron chi connectivity index (χ1n) is 16.1. The Hall–Kier alpha value is -6.65. The summed E-state index contributed by atoms with van der Waals surface area (Å²) in [6, 6.07) is 26.0. The van der Waals surface area contributed by atoms with E-state index in [-0.39, 0.29) is 0 Å². The van der Waals surface area contributed by atoms with Gasteiger partial charge in [0.05, 0.1) is 31.5 Å². The molecule has 0 radical (unpaired) electrons. The maximum Gasteiger partial charge on any atom is 0.258 e. The van der Waals surface area contributed by atoms with Gasteiger partial charge in [-0.25, -0.2) is 0 Å². The van der Waals surface area contributed by atoms with Crippen molar-refractivity contribution >= 4 is 77.3 Å². The van der Waals surface area contributed by atoms with Crippen LogP contribution in [0.2, 0.25) is 0 Å². The van der Waals surface area contributed by atoms with E-state index >= 15 is 0 Å². The molecule has 0 aliphatic rings. The van der Waals surface area contributed by atoms with E-state index in [0.717, 1.165) is 46.2 Å². The summed E-state index contributed by atoms with van der Waals surface area (Å²) in [7, 11) is 0. The Kier molecular flexibility index (Phi) is 12.7. The summed E-state index contributed by atoms with van der Waals surface area (Å²) in [6.45, 7) is 0. The highest BCUT2D eigenvalue weighted by molar-refractivity contribution is 14.1. The number of hydrogen-bond donors (Lipinski definition) is 2. The predicted molar refractivity (Wildman–Crippen MR) is 224 cm³/mol. The Balaban J connectivity index is 0.000000160. The third-order valence-corrected chi connectivity index (χ3v) is 10.2. The number of carbonyl (C=O) groups is 2. The van der Waals surface area contributed by atoms with Crippen LogP contribution >= 0.6 is 45.3 Å². The number of terminal acetylenes is 1. The van der Waals surface area contributed by atoms with Crippen LogP contribution in [0.4, 0.5) is 0 Å². The van der Waals surface area contributed by atoms with Gasteiger partial charge in [-0.1, -0.05) is 17.8 Å². The first kappa shape index (κ1) is 38.1. The number of hydrogen-bond acceptors (Lipinski definition) is 10. The Bertz CT molecular complexity index is 2690. The number of rotatable bonds is 6. The lowest BCUT2D eigenvalue weighted by molar-refractivity contribution is 0.0995. The van der Waals surface area contributed by atoms with Gasteiger partial charge < -0.3 is 20.9 Å². The van der Waals surface area contributed by atoms with Crippen molar-refractivity contribution in [3.63, 3.8) is 0 Å². The van der Waals surface area contributed by atoms with Crippen molar-refractivity contribution in [1.82, 2.24) is 19.9 Å². The molecule has 0 aliphatic carbocycles. The molecule has 0 unspecified atom stereocenters. The van der Waals surface area contributed by atoms with Crippen LogP contribution in [0, 0.1) is 27.8 Å². The van der Waals surface area contributed by atoms with Gasteiger partial charge in [0.15, 0.2) is 11.5 Å². The fraction of sp³-hybridized carbons (Fsp3) is 0. The zero-order valence-electron chi connectivity index (χ0n) is 28.6. The molecule has 0 saturated heterocycles. The first-order chi connectivity index (χ1) is 26.7. The van der Waals surface area contributed by atoms with Gasteiger partial charge in [-0.3, -0.25) is 29.5 Å². The van der Waals surface area contributed by atoms with Gasteiger partial charge >= 0.3 is 0 Å². The molecular formula is C42H27IN6O4S2. The molecule has 2 amide bonds. The molecule has 268 valence electrons. The normalized spacial score (nSPS) is 10.0. The zero-order valence-corrected chi connectivity index (χ0v) is 32.3. The van der Waals surface area contributed by atoms with E-state index in [1.165, 1.54) is 22.7 Å². The standard InChI is InChI=1S/C21H13N3O2S.C14H9IN2O2S.C7H5N/c22-21(25)19-10-17-18(12-24-13-20(17)27-19)26-16-7-5-14(6-8-16)3-4-15-2-1-9-23-11-15;15-8-1-3-9(4-2-8)19-11-6-17-7-13-10(11)5-12(20-13)14(16)18;1-2-7-4-3-5-8-6-7/h1-2,5-13H,(H2,22,25);1-7H,(H2,16,18);1,3-6H. The minimum absolute atomic E-state index is 0.439. The third kappa shape index (κ3) is 10.5. The number of pyridine rings is 4. The van der Waals surface area contributed by atoms with Crippen molar-refractivity contribution in [3.05, 3.63) is 165 Å². The van der Waals surface area contributed by atoms with E-state index < -0.39 is 11.8 Å². The molecule has 8 aromatic rings. The fourth-order valence-corrected chi connectivity index (χ4v) is 6.82. The summed E-state index contributed by atoms with van der Waals surface area (Å²) in [6.07, 6.45) is 18.5. The lowest BCUT2D eigenvalue weighted by atomic mass is 10.2. The Morgan fingerprint density at radius 3 is 1.51 bits per heavy atom. The molecule has 13 heteroatoms. The number of thiophene rings is 2. The van der Waals surface area contributed by atoms with E-state index in [0.29, 0.717) is 27.0 Å². The maximum atomic E-state index is 11.4. The molecule has 0 saturated carbocycles. The van der Waals surface area contributed by atoms with Crippen LogP contribution in [0.3, 0.4) is 0 Å². The number of amides is 2. The van der Waals surface area contributed by atoms with Crippen LogP contribution in [0.25, 0.3) is 20.2 Å². The smallest absolute Gasteiger partial charge is 0.258 e. The predicted octanol–water partition coefficient (Wildman–Crippen LogP) is 8.84. The molecular weight excluding hydrogens is 844 g/mol. The number of carbonyl (C=O) groups excluding carboxylic acids is 2. The summed E-state index contributed by atoms with van der Waals surface area (Å²) in [5, 5.41) is 1.65. The van der Waals surface area contributed by atoms with E-state index in [2.05, 4.69) is 60.3 Å². The number of primary amides is 2. The lowest BCUT2D eigenvalue weighted by Gasteiger charge is -2.06. The van der Waals surface area contributed by atoms with Gasteiger partial charge in [0.2, 0.25) is 0 Å². The molecule has 6 aromatic heterocycles. The van der Waals surface area contributed by atoms with Gasteiger partial charge in [-0.2, -0.15) is 0 Å². The largest absolute Gasteiger partial charge is 0.455 e. The highest BCUT2D eigenvalue weighted by Gasteiger charge is 2.13. The van der Waals surface area contributed by atoms with Crippen LogP contribution < -0.4 is 20.9 Å². The molecule has 0 fully saturated rings. The van der Waals surface area contributed by atoms with Gasteiger partial charge in [-0.05, 0) is 108 Å². The molecule has 0 bridgehead atoms. The van der Waals surface area contributed by atoms with E-state index in [9.17, 15) is 9.59 Å². The van der Waals surface area contributed by atoms with Crippen molar-refractivity contribution in [2.45, 2.75) is 0 Å². The third-order valence-electron chi connectivity index (χ3n) is 7.27. The second-order valence-electron chi connectivity index (χ2n) is 11.1. The van der Waals surface area contributed by atoms with Gasteiger partial charge in [0, 0.05) is 68.2 Å². The van der Waals surface area contributed by atoms with Crippen molar-refractivity contribution in [2.24, 2.45) is 11.5 Å². The summed E-state index contributed by atoms with van der Waals surface area (Å²) in [5.74, 6) is 10.3. The number of aromatic nitrogens is 4.